The molecule has 1 aliphatic heterocycles. The zero-order chi connectivity index (χ0) is 15.5. The van der Waals surface area contributed by atoms with Crippen molar-refractivity contribution in [1.82, 2.24) is 15.1 Å². The maximum absolute atomic E-state index is 10.1. The van der Waals surface area contributed by atoms with Crippen LogP contribution in [0.2, 0.25) is 0 Å². The lowest BCUT2D eigenvalue weighted by atomic mass is 10.1. The summed E-state index contributed by atoms with van der Waals surface area (Å²) in [5, 5.41) is 22.1. The molecule has 0 spiro atoms. The maximum atomic E-state index is 10.1. The molecule has 122 valence electrons. The number of rotatable bonds is 6. The number of aliphatic hydroxyl groups is 1. The van der Waals surface area contributed by atoms with Crippen LogP contribution in [0.5, 0.6) is 0 Å². The molecule has 2 atom stereocenters. The summed E-state index contributed by atoms with van der Waals surface area (Å²) < 4.78 is 5.28. The number of anilines is 1. The lowest BCUT2D eigenvalue weighted by Gasteiger charge is -2.30. The van der Waals surface area contributed by atoms with Crippen molar-refractivity contribution in [1.29, 1.82) is 0 Å². The number of hydrogen-bond acceptors (Lipinski definition) is 6. The first-order valence-electron chi connectivity index (χ1n) is 8.29. The summed E-state index contributed by atoms with van der Waals surface area (Å²) in [4.78, 5) is 2.34. The molecule has 1 saturated carbocycles. The van der Waals surface area contributed by atoms with Crippen molar-refractivity contribution in [2.45, 2.75) is 50.9 Å². The van der Waals surface area contributed by atoms with Crippen LogP contribution in [0, 0.1) is 0 Å². The fraction of sp³-hybridized carbons (Fsp3) is 0.750. The van der Waals surface area contributed by atoms with E-state index in [1.54, 1.807) is 0 Å². The molecule has 2 aliphatic rings. The zero-order valence-electron chi connectivity index (χ0n) is 13.5. The Morgan fingerprint density at radius 2 is 2.23 bits per heavy atom. The van der Waals surface area contributed by atoms with Crippen LogP contribution >= 0.6 is 0 Å². The standard InChI is InChI=1S/C16H26N4O2/c1-3-22-16(21)15-13(11-6-7-11)9-14(18-19-15)17-12-5-4-8-20(2)10-12/h9,11-12,16,21H,3-8,10H2,1-2H3,(H,17,18)/t12-,16-/m1/s1. The minimum Gasteiger partial charge on any atom is -0.365 e. The van der Waals surface area contributed by atoms with Gasteiger partial charge in [-0.25, -0.2) is 0 Å². The van der Waals surface area contributed by atoms with Crippen molar-refractivity contribution in [2.24, 2.45) is 0 Å². The van der Waals surface area contributed by atoms with Crippen LogP contribution in [0.4, 0.5) is 5.82 Å². The van der Waals surface area contributed by atoms with Gasteiger partial charge in [0.05, 0.1) is 0 Å². The van der Waals surface area contributed by atoms with Gasteiger partial charge in [0.15, 0.2) is 0 Å². The number of likely N-dealkylation sites (tertiary alicyclic amines) is 1. The SMILES string of the molecule is CCO[C@@H](O)c1nnc(N[C@@H]2CCCN(C)C2)cc1C1CC1. The van der Waals surface area contributed by atoms with E-state index in [1.165, 1.54) is 6.42 Å². The Morgan fingerprint density at radius 3 is 2.91 bits per heavy atom. The number of piperidine rings is 1. The number of aliphatic hydroxyl groups excluding tert-OH is 1. The molecule has 22 heavy (non-hydrogen) atoms. The van der Waals surface area contributed by atoms with Gasteiger partial charge in [0.2, 0.25) is 6.29 Å². The van der Waals surface area contributed by atoms with Crippen LogP contribution in [0.15, 0.2) is 6.07 Å². The summed E-state index contributed by atoms with van der Waals surface area (Å²) in [5.41, 5.74) is 1.67. The summed E-state index contributed by atoms with van der Waals surface area (Å²) in [5.74, 6) is 1.31. The number of aromatic nitrogens is 2. The van der Waals surface area contributed by atoms with E-state index in [2.05, 4.69) is 33.5 Å². The highest BCUT2D eigenvalue weighted by atomic mass is 16.6. The van der Waals surface area contributed by atoms with Gasteiger partial charge < -0.3 is 20.1 Å². The molecule has 6 nitrogen and oxygen atoms in total. The first kappa shape index (κ1) is 15.6. The molecule has 3 rings (SSSR count). The summed E-state index contributed by atoms with van der Waals surface area (Å²) in [7, 11) is 2.15. The van der Waals surface area contributed by atoms with Gasteiger partial charge in [-0.3, -0.25) is 0 Å². The Labute approximate surface area is 131 Å². The molecule has 0 amide bonds. The van der Waals surface area contributed by atoms with E-state index in [0.29, 0.717) is 24.3 Å². The molecular formula is C16H26N4O2. The molecule has 1 aromatic rings. The van der Waals surface area contributed by atoms with Gasteiger partial charge in [-0.1, -0.05) is 0 Å². The van der Waals surface area contributed by atoms with Crippen LogP contribution in [-0.4, -0.2) is 53.0 Å². The minimum atomic E-state index is -0.969. The fourth-order valence-electron chi connectivity index (χ4n) is 3.13. The Morgan fingerprint density at radius 1 is 1.41 bits per heavy atom. The lowest BCUT2D eigenvalue weighted by Crippen LogP contribution is -2.40. The van der Waals surface area contributed by atoms with E-state index in [9.17, 15) is 5.11 Å². The van der Waals surface area contributed by atoms with E-state index in [4.69, 9.17) is 4.74 Å². The Kier molecular flexibility index (Phi) is 4.90. The molecule has 2 fully saturated rings. The highest BCUT2D eigenvalue weighted by Crippen LogP contribution is 2.43. The molecule has 1 aliphatic carbocycles. The molecule has 1 saturated heterocycles. The topological polar surface area (TPSA) is 70.5 Å². The summed E-state index contributed by atoms with van der Waals surface area (Å²) in [6.07, 6.45) is 3.71. The average molecular weight is 306 g/mol. The van der Waals surface area contributed by atoms with Crippen LogP contribution in [0.1, 0.15) is 56.1 Å². The van der Waals surface area contributed by atoms with Crippen molar-refractivity contribution >= 4 is 5.82 Å². The summed E-state index contributed by atoms with van der Waals surface area (Å²) in [6, 6.07) is 2.47. The number of nitrogens with one attached hydrogen (secondary N) is 1. The molecule has 0 radical (unpaired) electrons. The second-order valence-electron chi connectivity index (χ2n) is 6.40. The first-order chi connectivity index (χ1) is 10.7. The lowest BCUT2D eigenvalue weighted by molar-refractivity contribution is -0.102. The highest BCUT2D eigenvalue weighted by molar-refractivity contribution is 5.42. The molecule has 0 unspecified atom stereocenters. The Bertz CT molecular complexity index is 507. The van der Waals surface area contributed by atoms with Crippen molar-refractivity contribution < 1.29 is 9.84 Å². The van der Waals surface area contributed by atoms with E-state index in [-0.39, 0.29) is 0 Å². The van der Waals surface area contributed by atoms with Crippen LogP contribution < -0.4 is 5.32 Å². The van der Waals surface area contributed by atoms with Crippen LogP contribution in [0.25, 0.3) is 0 Å². The van der Waals surface area contributed by atoms with Crippen LogP contribution in [0.3, 0.4) is 0 Å². The van der Waals surface area contributed by atoms with Gasteiger partial charge in [-0.2, -0.15) is 0 Å². The fourth-order valence-corrected chi connectivity index (χ4v) is 3.13. The van der Waals surface area contributed by atoms with Crippen molar-refractivity contribution in [3.05, 3.63) is 17.3 Å². The summed E-state index contributed by atoms with van der Waals surface area (Å²) >= 11 is 0. The van der Waals surface area contributed by atoms with Crippen molar-refractivity contribution in [3.8, 4) is 0 Å². The Hall–Kier alpha value is -1.24. The Balaban J connectivity index is 1.74. The van der Waals surface area contributed by atoms with Gasteiger partial charge in [-0.15, -0.1) is 10.2 Å². The second-order valence-corrected chi connectivity index (χ2v) is 6.40. The molecule has 0 bridgehead atoms. The minimum absolute atomic E-state index is 0.419. The third kappa shape index (κ3) is 3.74. The first-order valence-corrected chi connectivity index (χ1v) is 8.29. The largest absolute Gasteiger partial charge is 0.365 e. The molecule has 6 heteroatoms. The predicted octanol–water partition coefficient (Wildman–Crippen LogP) is 1.89. The average Bonchev–Trinajstić information content (AvgIpc) is 3.32. The van der Waals surface area contributed by atoms with E-state index >= 15 is 0 Å². The number of likely N-dealkylation sites (N-methyl/N-ethyl adjacent to an activating group) is 1. The second kappa shape index (κ2) is 6.89. The zero-order valence-corrected chi connectivity index (χ0v) is 13.5. The third-order valence-corrected chi connectivity index (χ3v) is 4.41. The predicted molar refractivity (Wildman–Crippen MR) is 84.7 cm³/mol. The monoisotopic (exact) mass is 306 g/mol. The van der Waals surface area contributed by atoms with Crippen molar-refractivity contribution in [3.63, 3.8) is 0 Å². The molecule has 2 N–H and O–H groups in total. The number of ether oxygens (including phenoxy) is 1. The van der Waals surface area contributed by atoms with Gasteiger partial charge in [0, 0.05) is 19.2 Å². The highest BCUT2D eigenvalue weighted by Gasteiger charge is 2.30. The maximum Gasteiger partial charge on any atom is 0.200 e. The molecule has 0 aromatic carbocycles. The normalized spacial score (nSPS) is 24.2. The number of hydrogen-bond donors (Lipinski definition) is 2. The summed E-state index contributed by atoms with van der Waals surface area (Å²) in [6.45, 7) is 4.52. The third-order valence-electron chi connectivity index (χ3n) is 4.41. The number of nitrogens with zero attached hydrogens (tertiary/aromatic N) is 3. The van der Waals surface area contributed by atoms with Gasteiger partial charge >= 0.3 is 0 Å². The van der Waals surface area contributed by atoms with Crippen molar-refractivity contribution in [2.75, 3.05) is 32.1 Å². The molecule has 2 heterocycles. The smallest absolute Gasteiger partial charge is 0.200 e. The van der Waals surface area contributed by atoms with E-state index in [1.807, 2.05) is 6.92 Å². The van der Waals surface area contributed by atoms with Crippen LogP contribution in [-0.2, 0) is 4.74 Å². The van der Waals surface area contributed by atoms with E-state index in [0.717, 1.165) is 43.7 Å². The van der Waals surface area contributed by atoms with Gasteiger partial charge in [0.1, 0.15) is 11.5 Å². The van der Waals surface area contributed by atoms with Gasteiger partial charge in [0.25, 0.3) is 0 Å². The van der Waals surface area contributed by atoms with E-state index < -0.39 is 6.29 Å². The van der Waals surface area contributed by atoms with Gasteiger partial charge in [-0.05, 0) is 63.7 Å². The molecular weight excluding hydrogens is 280 g/mol. The quantitative estimate of drug-likeness (QED) is 0.782. The molecule has 1 aromatic heterocycles.